The van der Waals surface area contributed by atoms with Gasteiger partial charge in [-0.2, -0.15) is 0 Å². The molecule has 3 amide bonds. The third-order valence-electron chi connectivity index (χ3n) is 4.02. The fraction of sp³-hybridized carbons (Fsp3) is 0.158. The van der Waals surface area contributed by atoms with Crippen molar-refractivity contribution in [3.63, 3.8) is 0 Å². The highest BCUT2D eigenvalue weighted by Gasteiger charge is 2.33. The van der Waals surface area contributed by atoms with Gasteiger partial charge < -0.3 is 15.7 Å². The number of nitrogens with zero attached hydrogens (tertiary/aromatic N) is 2. The molecule has 2 aromatic rings. The standard InChI is InChI=1S/C19H14F2N4O5S3/c20-11-2-1-9(3-12(11)21)17-24-5-10(32-17)4-13-18(30)25(19(31)33-13)8-15(27)22-6-14(26)23-7-16(28)29/h1-5H,6-8H2,(H,22,27)(H,23,26)(H,28,29). The van der Waals surface area contributed by atoms with Crippen molar-refractivity contribution in [3.05, 3.63) is 45.8 Å². The van der Waals surface area contributed by atoms with E-state index in [1.165, 1.54) is 18.3 Å². The summed E-state index contributed by atoms with van der Waals surface area (Å²) in [4.78, 5) is 52.6. The van der Waals surface area contributed by atoms with Gasteiger partial charge in [0.2, 0.25) is 11.8 Å². The minimum absolute atomic E-state index is 0.141. The smallest absolute Gasteiger partial charge is 0.322 e. The first-order valence-corrected chi connectivity index (χ1v) is 11.1. The first kappa shape index (κ1) is 24.4. The van der Waals surface area contributed by atoms with Crippen LogP contribution in [0.15, 0.2) is 29.3 Å². The molecule has 2 heterocycles. The number of carbonyl (C=O) groups is 4. The van der Waals surface area contributed by atoms with Gasteiger partial charge in [-0.05, 0) is 24.3 Å². The molecule has 1 saturated heterocycles. The molecule has 9 nitrogen and oxygen atoms in total. The van der Waals surface area contributed by atoms with Gasteiger partial charge in [0.05, 0.1) is 11.4 Å². The highest BCUT2D eigenvalue weighted by molar-refractivity contribution is 8.26. The molecule has 3 N–H and O–H groups in total. The highest BCUT2D eigenvalue weighted by atomic mass is 32.2. The second kappa shape index (κ2) is 10.6. The average Bonchev–Trinajstić information content (AvgIpc) is 3.33. The number of thiocarbonyl (C=S) groups is 1. The molecule has 0 atom stereocenters. The van der Waals surface area contributed by atoms with E-state index in [1.807, 2.05) is 0 Å². The van der Waals surface area contributed by atoms with E-state index in [0.29, 0.717) is 15.4 Å². The Labute approximate surface area is 198 Å². The summed E-state index contributed by atoms with van der Waals surface area (Å²) in [6.07, 6.45) is 2.99. The Morgan fingerprint density at radius 2 is 1.88 bits per heavy atom. The molecule has 0 spiro atoms. The lowest BCUT2D eigenvalue weighted by molar-refractivity contribution is -0.138. The van der Waals surface area contributed by atoms with Crippen LogP contribution in [-0.4, -0.2) is 62.6 Å². The average molecular weight is 513 g/mol. The molecule has 14 heteroatoms. The topological polar surface area (TPSA) is 129 Å². The van der Waals surface area contributed by atoms with Crippen LogP contribution in [0.2, 0.25) is 0 Å². The predicted octanol–water partition coefficient (Wildman–Crippen LogP) is 1.61. The minimum atomic E-state index is -1.23. The van der Waals surface area contributed by atoms with Crippen LogP contribution in [0.1, 0.15) is 4.88 Å². The van der Waals surface area contributed by atoms with E-state index < -0.39 is 55.0 Å². The molecule has 0 unspecified atom stereocenters. The zero-order chi connectivity index (χ0) is 24.1. The molecule has 172 valence electrons. The number of aliphatic carboxylic acids is 1. The SMILES string of the molecule is O=C(O)CNC(=O)CNC(=O)CN1C(=O)C(=Cc2cnc(-c3ccc(F)c(F)c3)s2)SC1=S. The predicted molar refractivity (Wildman–Crippen MR) is 121 cm³/mol. The summed E-state index contributed by atoms with van der Waals surface area (Å²) in [5.41, 5.74) is 0.384. The summed E-state index contributed by atoms with van der Waals surface area (Å²) >= 11 is 7.29. The molecule has 0 saturated carbocycles. The van der Waals surface area contributed by atoms with E-state index in [2.05, 4.69) is 15.6 Å². The van der Waals surface area contributed by atoms with Crippen molar-refractivity contribution in [3.8, 4) is 10.6 Å². The number of hydrogen-bond acceptors (Lipinski definition) is 8. The number of carbonyl (C=O) groups excluding carboxylic acids is 3. The number of rotatable bonds is 8. The Balaban J connectivity index is 1.61. The van der Waals surface area contributed by atoms with E-state index in [4.69, 9.17) is 17.3 Å². The van der Waals surface area contributed by atoms with Gasteiger partial charge >= 0.3 is 5.97 Å². The number of carboxylic acids is 1. The van der Waals surface area contributed by atoms with Crippen LogP contribution >= 0.6 is 35.3 Å². The van der Waals surface area contributed by atoms with Crippen LogP contribution in [0.3, 0.4) is 0 Å². The van der Waals surface area contributed by atoms with Crippen molar-refractivity contribution < 1.29 is 33.1 Å². The number of thiazole rings is 1. The largest absolute Gasteiger partial charge is 0.480 e. The lowest BCUT2D eigenvalue weighted by atomic mass is 10.2. The summed E-state index contributed by atoms with van der Waals surface area (Å²) in [7, 11) is 0. The third kappa shape index (κ3) is 6.40. The lowest BCUT2D eigenvalue weighted by Crippen LogP contribution is -2.44. The van der Waals surface area contributed by atoms with E-state index in [1.54, 1.807) is 0 Å². The first-order valence-electron chi connectivity index (χ1n) is 9.06. The van der Waals surface area contributed by atoms with Crippen LogP contribution in [0.5, 0.6) is 0 Å². The molecule has 1 aromatic heterocycles. The molecule has 1 aliphatic heterocycles. The maximum Gasteiger partial charge on any atom is 0.322 e. The van der Waals surface area contributed by atoms with Crippen molar-refractivity contribution in [1.29, 1.82) is 0 Å². The summed E-state index contributed by atoms with van der Waals surface area (Å²) < 4.78 is 26.7. The Morgan fingerprint density at radius 3 is 2.58 bits per heavy atom. The van der Waals surface area contributed by atoms with Gasteiger partial charge in [0.15, 0.2) is 11.6 Å². The van der Waals surface area contributed by atoms with Crippen molar-refractivity contribution in [1.82, 2.24) is 20.5 Å². The summed E-state index contributed by atoms with van der Waals surface area (Å²) in [6, 6.07) is 3.41. The fourth-order valence-electron chi connectivity index (χ4n) is 2.50. The number of halogens is 2. The van der Waals surface area contributed by atoms with Gasteiger partial charge in [0.1, 0.15) is 22.4 Å². The number of amides is 3. The van der Waals surface area contributed by atoms with E-state index in [9.17, 15) is 28.0 Å². The van der Waals surface area contributed by atoms with Crippen LogP contribution in [-0.2, 0) is 19.2 Å². The molecule has 3 rings (SSSR count). The van der Waals surface area contributed by atoms with Gasteiger partial charge in [-0.3, -0.25) is 24.1 Å². The van der Waals surface area contributed by atoms with E-state index in [-0.39, 0.29) is 9.23 Å². The van der Waals surface area contributed by atoms with Crippen molar-refractivity contribution in [2.75, 3.05) is 19.6 Å². The number of aromatic nitrogens is 1. The maximum absolute atomic E-state index is 13.5. The summed E-state index contributed by atoms with van der Waals surface area (Å²) in [6.45, 7) is -1.45. The van der Waals surface area contributed by atoms with Gasteiger partial charge in [-0.15, -0.1) is 11.3 Å². The summed E-state index contributed by atoms with van der Waals surface area (Å²) in [5.74, 6) is -5.06. The molecule has 0 bridgehead atoms. The Morgan fingerprint density at radius 1 is 1.15 bits per heavy atom. The Bertz CT molecular complexity index is 1180. The number of nitrogens with one attached hydrogen (secondary N) is 2. The van der Waals surface area contributed by atoms with Crippen molar-refractivity contribution in [2.45, 2.75) is 0 Å². The van der Waals surface area contributed by atoms with Crippen LogP contribution in [0.25, 0.3) is 16.6 Å². The zero-order valence-electron chi connectivity index (χ0n) is 16.5. The molecule has 1 aliphatic rings. The molecule has 0 aliphatic carbocycles. The molecular formula is C19H14F2N4O5S3. The zero-order valence-corrected chi connectivity index (χ0v) is 18.9. The van der Waals surface area contributed by atoms with Crippen molar-refractivity contribution >= 4 is 69.4 Å². The van der Waals surface area contributed by atoms with Crippen LogP contribution < -0.4 is 10.6 Å². The van der Waals surface area contributed by atoms with E-state index in [0.717, 1.165) is 40.1 Å². The highest BCUT2D eigenvalue weighted by Crippen LogP contribution is 2.34. The number of hydrogen-bond donors (Lipinski definition) is 3. The Hall–Kier alpha value is -3.23. The van der Waals surface area contributed by atoms with Crippen LogP contribution in [0, 0.1) is 11.6 Å². The quantitative estimate of drug-likeness (QED) is 0.360. The molecule has 1 aromatic carbocycles. The lowest BCUT2D eigenvalue weighted by Gasteiger charge is -2.14. The van der Waals surface area contributed by atoms with Gasteiger partial charge in [0.25, 0.3) is 5.91 Å². The summed E-state index contributed by atoms with van der Waals surface area (Å²) in [5, 5.41) is 13.3. The van der Waals surface area contributed by atoms with Crippen molar-refractivity contribution in [2.24, 2.45) is 0 Å². The fourth-order valence-corrected chi connectivity index (χ4v) is 4.67. The van der Waals surface area contributed by atoms with E-state index >= 15 is 0 Å². The second-order valence-electron chi connectivity index (χ2n) is 6.41. The van der Waals surface area contributed by atoms with Gasteiger partial charge in [-0.1, -0.05) is 24.0 Å². The molecule has 1 fully saturated rings. The molecule has 0 radical (unpaired) electrons. The molecular weight excluding hydrogens is 498 g/mol. The van der Waals surface area contributed by atoms with Crippen LogP contribution in [0.4, 0.5) is 8.78 Å². The second-order valence-corrected chi connectivity index (χ2v) is 9.15. The van der Waals surface area contributed by atoms with Gasteiger partial charge in [0, 0.05) is 16.6 Å². The first-order chi connectivity index (χ1) is 15.6. The van der Waals surface area contributed by atoms with Gasteiger partial charge in [-0.25, -0.2) is 13.8 Å². The minimum Gasteiger partial charge on any atom is -0.480 e. The molecule has 33 heavy (non-hydrogen) atoms. The Kier molecular flexibility index (Phi) is 7.84. The normalized spacial score (nSPS) is 14.6. The third-order valence-corrected chi connectivity index (χ3v) is 6.39. The monoisotopic (exact) mass is 512 g/mol. The number of carboxylic acid groups (broad SMARTS) is 1. The number of benzene rings is 1. The maximum atomic E-state index is 13.5. The number of thioether (sulfide) groups is 1.